The lowest BCUT2D eigenvalue weighted by atomic mass is 9.96. The highest BCUT2D eigenvalue weighted by Gasteiger charge is 2.15. The van der Waals surface area contributed by atoms with Crippen LogP contribution in [0.4, 0.5) is 0 Å². The molecule has 0 aromatic carbocycles. The van der Waals surface area contributed by atoms with Crippen LogP contribution >= 0.6 is 0 Å². The van der Waals surface area contributed by atoms with Crippen LogP contribution in [0.3, 0.4) is 0 Å². The molecule has 1 N–H and O–H groups in total. The molecule has 0 amide bonds. The highest BCUT2D eigenvalue weighted by Crippen LogP contribution is 2.12. The maximum absolute atomic E-state index is 9.62. The zero-order valence-electron chi connectivity index (χ0n) is 5.22. The summed E-state index contributed by atoms with van der Waals surface area (Å²) in [4.78, 5) is 9.62. The molecule has 0 aromatic rings. The Hall–Kier alpha value is -0.440. The van der Waals surface area contributed by atoms with Gasteiger partial charge in [-0.3, -0.25) is 0 Å². The first-order valence-electron chi connectivity index (χ1n) is 2.52. The average Bonchev–Trinajstić information content (AvgIpc) is 1.67. The second-order valence-electron chi connectivity index (χ2n) is 2.61. The molecular weight excluding hydrogens is 106 g/mol. The quantitative estimate of drug-likeness (QED) is 0.555. The van der Waals surface area contributed by atoms with E-state index in [1.807, 2.05) is 0 Å². The lowest BCUT2D eigenvalue weighted by Gasteiger charge is -2.15. The van der Waals surface area contributed by atoms with E-state index in [2.05, 4.69) is 5.18 Å². The predicted molar refractivity (Wildman–Crippen MR) is 31.5 cm³/mol. The Bertz CT molecular complexity index is 80.5. The lowest BCUT2D eigenvalue weighted by molar-refractivity contribution is 0.167. The van der Waals surface area contributed by atoms with Crippen molar-refractivity contribution in [2.45, 2.75) is 13.8 Å². The summed E-state index contributed by atoms with van der Waals surface area (Å²) in [5.41, 5.74) is -0.332. The smallest absolute Gasteiger partial charge is 0.0883 e. The fraction of sp³-hybridized carbons (Fsp3) is 1.00. The average molecular weight is 117 g/mol. The van der Waals surface area contributed by atoms with Crippen LogP contribution in [0.5, 0.6) is 0 Å². The number of nitroso groups, excluding NO2 is 1. The van der Waals surface area contributed by atoms with Gasteiger partial charge in [-0.05, 0) is 0 Å². The van der Waals surface area contributed by atoms with Gasteiger partial charge in [0, 0.05) is 5.41 Å². The number of hydrogen-bond acceptors (Lipinski definition) is 3. The van der Waals surface area contributed by atoms with E-state index in [-0.39, 0.29) is 18.6 Å². The Balaban J connectivity index is 3.53. The van der Waals surface area contributed by atoms with E-state index < -0.39 is 0 Å². The molecule has 0 heterocycles. The van der Waals surface area contributed by atoms with E-state index in [0.29, 0.717) is 0 Å². The van der Waals surface area contributed by atoms with Crippen LogP contribution in [-0.4, -0.2) is 18.3 Å². The van der Waals surface area contributed by atoms with Crippen molar-refractivity contribution < 1.29 is 5.11 Å². The third kappa shape index (κ3) is 2.69. The van der Waals surface area contributed by atoms with Gasteiger partial charge in [-0.25, -0.2) is 0 Å². The van der Waals surface area contributed by atoms with Crippen LogP contribution in [0.15, 0.2) is 5.18 Å². The van der Waals surface area contributed by atoms with E-state index in [1.165, 1.54) is 0 Å². The molecule has 3 nitrogen and oxygen atoms in total. The van der Waals surface area contributed by atoms with Crippen LogP contribution in [0.1, 0.15) is 13.8 Å². The van der Waals surface area contributed by atoms with Crippen molar-refractivity contribution in [2.75, 3.05) is 13.2 Å². The van der Waals surface area contributed by atoms with Gasteiger partial charge in [-0.15, -0.1) is 0 Å². The summed E-state index contributed by atoms with van der Waals surface area (Å²) in [6.45, 7) is 3.77. The Morgan fingerprint density at radius 2 is 2.12 bits per heavy atom. The first-order valence-corrected chi connectivity index (χ1v) is 2.52. The molecule has 0 spiro atoms. The number of hydrogen-bond donors (Lipinski definition) is 1. The topological polar surface area (TPSA) is 49.7 Å². The minimum atomic E-state index is -0.332. The van der Waals surface area contributed by atoms with Gasteiger partial charge in [-0.2, -0.15) is 4.91 Å². The van der Waals surface area contributed by atoms with Crippen molar-refractivity contribution in [2.24, 2.45) is 10.6 Å². The summed E-state index contributed by atoms with van der Waals surface area (Å²) >= 11 is 0. The van der Waals surface area contributed by atoms with Crippen LogP contribution in [0.2, 0.25) is 0 Å². The third-order valence-corrected chi connectivity index (χ3v) is 0.921. The molecule has 0 rings (SSSR count). The first kappa shape index (κ1) is 7.56. The minimum absolute atomic E-state index is 0.0126. The Morgan fingerprint density at radius 1 is 1.62 bits per heavy atom. The molecule has 0 aromatic heterocycles. The van der Waals surface area contributed by atoms with Gasteiger partial charge in [0.15, 0.2) is 0 Å². The predicted octanol–water partition coefficient (Wildman–Crippen LogP) is 0.771. The van der Waals surface area contributed by atoms with Crippen molar-refractivity contribution in [3.63, 3.8) is 0 Å². The number of aliphatic hydroxyl groups is 1. The fourth-order valence-corrected chi connectivity index (χ4v) is 0.225. The number of rotatable bonds is 3. The van der Waals surface area contributed by atoms with Gasteiger partial charge in [0.05, 0.1) is 13.2 Å². The van der Waals surface area contributed by atoms with Gasteiger partial charge in [0.1, 0.15) is 0 Å². The van der Waals surface area contributed by atoms with Crippen molar-refractivity contribution in [3.05, 3.63) is 4.91 Å². The molecule has 0 atom stereocenters. The zero-order valence-corrected chi connectivity index (χ0v) is 5.22. The molecular formula is C5H11NO2. The highest BCUT2D eigenvalue weighted by atomic mass is 16.3. The van der Waals surface area contributed by atoms with Gasteiger partial charge in [-0.1, -0.05) is 19.0 Å². The summed E-state index contributed by atoms with van der Waals surface area (Å²) in [7, 11) is 0. The summed E-state index contributed by atoms with van der Waals surface area (Å²) < 4.78 is 0. The normalized spacial score (nSPS) is 11.4. The SMILES string of the molecule is CC(C)(CO)CN=O. The molecule has 0 radical (unpaired) electrons. The Morgan fingerprint density at radius 3 is 2.25 bits per heavy atom. The third-order valence-electron chi connectivity index (χ3n) is 0.921. The second kappa shape index (κ2) is 2.77. The van der Waals surface area contributed by atoms with E-state index in [9.17, 15) is 4.91 Å². The summed E-state index contributed by atoms with van der Waals surface area (Å²) in [5.74, 6) is 0. The van der Waals surface area contributed by atoms with Crippen molar-refractivity contribution in [3.8, 4) is 0 Å². The van der Waals surface area contributed by atoms with Crippen molar-refractivity contribution in [1.29, 1.82) is 0 Å². The van der Waals surface area contributed by atoms with Gasteiger partial charge in [0.25, 0.3) is 0 Å². The Labute approximate surface area is 48.7 Å². The number of nitrogens with zero attached hydrogens (tertiary/aromatic N) is 1. The monoisotopic (exact) mass is 117 g/mol. The van der Waals surface area contributed by atoms with Crippen molar-refractivity contribution in [1.82, 2.24) is 0 Å². The standard InChI is InChI=1S/C5H11NO2/c1-5(2,4-7)3-6-8/h7H,3-4H2,1-2H3. The molecule has 48 valence electrons. The molecule has 0 saturated carbocycles. The van der Waals surface area contributed by atoms with Crippen LogP contribution in [0.25, 0.3) is 0 Å². The summed E-state index contributed by atoms with van der Waals surface area (Å²) in [6, 6.07) is 0. The molecule has 0 unspecified atom stereocenters. The van der Waals surface area contributed by atoms with Crippen molar-refractivity contribution >= 4 is 0 Å². The molecule has 0 saturated heterocycles. The Kier molecular flexibility index (Phi) is 2.62. The minimum Gasteiger partial charge on any atom is -0.396 e. The molecule has 0 bridgehead atoms. The zero-order chi connectivity index (χ0) is 6.62. The summed E-state index contributed by atoms with van der Waals surface area (Å²) in [5, 5.41) is 11.2. The van der Waals surface area contributed by atoms with Crippen LogP contribution in [0, 0.1) is 10.3 Å². The lowest BCUT2D eigenvalue weighted by Crippen LogP contribution is -2.19. The second-order valence-corrected chi connectivity index (χ2v) is 2.61. The first-order chi connectivity index (χ1) is 3.62. The van der Waals surface area contributed by atoms with E-state index >= 15 is 0 Å². The molecule has 3 heteroatoms. The molecule has 0 aliphatic heterocycles. The maximum atomic E-state index is 9.62. The van der Waals surface area contributed by atoms with Gasteiger partial charge >= 0.3 is 0 Å². The van der Waals surface area contributed by atoms with E-state index in [4.69, 9.17) is 5.11 Å². The molecule has 0 aliphatic rings. The molecule has 0 fully saturated rings. The largest absolute Gasteiger partial charge is 0.396 e. The van der Waals surface area contributed by atoms with Crippen LogP contribution < -0.4 is 0 Å². The molecule has 8 heavy (non-hydrogen) atoms. The number of aliphatic hydroxyl groups excluding tert-OH is 1. The summed E-state index contributed by atoms with van der Waals surface area (Å²) in [6.07, 6.45) is 0. The maximum Gasteiger partial charge on any atom is 0.0883 e. The van der Waals surface area contributed by atoms with E-state index in [0.717, 1.165) is 0 Å². The highest BCUT2D eigenvalue weighted by molar-refractivity contribution is 4.68. The van der Waals surface area contributed by atoms with Crippen LogP contribution in [-0.2, 0) is 0 Å². The van der Waals surface area contributed by atoms with E-state index in [1.54, 1.807) is 13.8 Å². The van der Waals surface area contributed by atoms with Gasteiger partial charge < -0.3 is 5.11 Å². The molecule has 0 aliphatic carbocycles. The fourth-order valence-electron chi connectivity index (χ4n) is 0.225. The van der Waals surface area contributed by atoms with Gasteiger partial charge in [0.2, 0.25) is 0 Å².